The van der Waals surface area contributed by atoms with Gasteiger partial charge in [-0.1, -0.05) is 49.8 Å². The van der Waals surface area contributed by atoms with Gasteiger partial charge in [-0.2, -0.15) is 0 Å². The number of rotatable bonds is 7. The minimum atomic E-state index is -3.73. The predicted molar refractivity (Wildman–Crippen MR) is 101 cm³/mol. The normalized spacial score (nSPS) is 15.6. The Labute approximate surface area is 155 Å². The number of aryl methyl sites for hydroxylation is 1. The number of nitrogens with zero attached hydrogens (tertiary/aromatic N) is 2. The molecule has 1 saturated carbocycles. The summed E-state index contributed by atoms with van der Waals surface area (Å²) in [5.41, 5.74) is 0.996. The summed E-state index contributed by atoms with van der Waals surface area (Å²) in [6.07, 6.45) is 10.3. The van der Waals surface area contributed by atoms with Crippen molar-refractivity contribution in [3.63, 3.8) is 0 Å². The van der Waals surface area contributed by atoms with Crippen LogP contribution in [-0.4, -0.2) is 25.0 Å². The summed E-state index contributed by atoms with van der Waals surface area (Å²) in [4.78, 5) is 8.42. The van der Waals surface area contributed by atoms with E-state index in [0.29, 0.717) is 12.5 Å². The van der Waals surface area contributed by atoms with Crippen LogP contribution in [0.3, 0.4) is 0 Å². The van der Waals surface area contributed by atoms with E-state index in [0.717, 1.165) is 12.0 Å². The van der Waals surface area contributed by atoms with Crippen LogP contribution in [0.4, 0.5) is 5.82 Å². The van der Waals surface area contributed by atoms with Gasteiger partial charge in [-0.15, -0.1) is 0 Å². The van der Waals surface area contributed by atoms with E-state index in [1.807, 2.05) is 6.92 Å². The maximum atomic E-state index is 12.6. The highest BCUT2D eigenvalue weighted by Crippen LogP contribution is 2.27. The Bertz CT molecular complexity index is 816. The van der Waals surface area contributed by atoms with E-state index in [1.165, 1.54) is 44.5 Å². The molecule has 1 aromatic carbocycles. The van der Waals surface area contributed by atoms with E-state index in [1.54, 1.807) is 24.3 Å². The first-order chi connectivity index (χ1) is 12.5. The van der Waals surface area contributed by atoms with E-state index in [2.05, 4.69) is 14.7 Å². The quantitative estimate of drug-likeness (QED) is 0.793. The van der Waals surface area contributed by atoms with Crippen molar-refractivity contribution in [2.45, 2.75) is 50.3 Å². The van der Waals surface area contributed by atoms with Gasteiger partial charge in [0, 0.05) is 12.4 Å². The van der Waals surface area contributed by atoms with Crippen molar-refractivity contribution in [3.8, 4) is 5.88 Å². The first-order valence-corrected chi connectivity index (χ1v) is 10.6. The first kappa shape index (κ1) is 18.6. The lowest BCUT2D eigenvalue weighted by atomic mass is 9.87. The van der Waals surface area contributed by atoms with Crippen LogP contribution in [0.25, 0.3) is 0 Å². The molecule has 0 atom stereocenters. The second kappa shape index (κ2) is 8.49. The molecule has 1 aromatic heterocycles. The molecule has 6 nitrogen and oxygen atoms in total. The van der Waals surface area contributed by atoms with Crippen molar-refractivity contribution in [3.05, 3.63) is 42.2 Å². The number of hydrogen-bond donors (Lipinski definition) is 1. The number of nitrogens with one attached hydrogen (secondary N) is 1. The van der Waals surface area contributed by atoms with Crippen LogP contribution < -0.4 is 9.46 Å². The van der Waals surface area contributed by atoms with Gasteiger partial charge >= 0.3 is 0 Å². The van der Waals surface area contributed by atoms with E-state index >= 15 is 0 Å². The topological polar surface area (TPSA) is 81.2 Å². The number of anilines is 1. The van der Waals surface area contributed by atoms with Gasteiger partial charge in [0.15, 0.2) is 0 Å². The Morgan fingerprint density at radius 3 is 2.50 bits per heavy atom. The molecule has 0 unspecified atom stereocenters. The van der Waals surface area contributed by atoms with Gasteiger partial charge in [0.05, 0.1) is 11.5 Å². The number of ether oxygens (including phenoxy) is 1. The zero-order chi connectivity index (χ0) is 18.4. The third-order valence-corrected chi connectivity index (χ3v) is 6.07. The lowest BCUT2D eigenvalue weighted by Crippen LogP contribution is -2.16. The van der Waals surface area contributed by atoms with Crippen molar-refractivity contribution >= 4 is 15.8 Å². The van der Waals surface area contributed by atoms with E-state index in [4.69, 9.17) is 4.74 Å². The molecule has 140 valence electrons. The first-order valence-electron chi connectivity index (χ1n) is 9.08. The molecule has 1 aliphatic rings. The van der Waals surface area contributed by atoms with Crippen LogP contribution in [0.1, 0.15) is 44.1 Å². The van der Waals surface area contributed by atoms with Crippen molar-refractivity contribution in [2.75, 3.05) is 11.3 Å². The predicted octanol–water partition coefficient (Wildman–Crippen LogP) is 3.94. The smallest absolute Gasteiger partial charge is 0.263 e. The maximum absolute atomic E-state index is 12.6. The van der Waals surface area contributed by atoms with Crippen LogP contribution in [0, 0.1) is 12.8 Å². The summed E-state index contributed by atoms with van der Waals surface area (Å²) in [5, 5.41) is 0. The average molecular weight is 375 g/mol. The van der Waals surface area contributed by atoms with E-state index in [-0.39, 0.29) is 16.6 Å². The van der Waals surface area contributed by atoms with Crippen molar-refractivity contribution in [1.82, 2.24) is 9.97 Å². The summed E-state index contributed by atoms with van der Waals surface area (Å²) in [6, 6.07) is 6.65. The van der Waals surface area contributed by atoms with E-state index in [9.17, 15) is 8.42 Å². The molecular formula is C19H25N3O3S. The summed E-state index contributed by atoms with van der Waals surface area (Å²) in [7, 11) is -3.73. The van der Waals surface area contributed by atoms with Crippen molar-refractivity contribution < 1.29 is 13.2 Å². The van der Waals surface area contributed by atoms with Crippen LogP contribution in [0.5, 0.6) is 5.88 Å². The molecule has 0 amide bonds. The standard InChI is InChI=1S/C19H25N3O3S/c1-15-7-9-17(10-8-15)26(23,24)22-18-19(21-13-12-20-18)25-14-11-16-5-3-2-4-6-16/h7-10,12-13,16H,2-6,11,14H2,1H3,(H,20,22). The summed E-state index contributed by atoms with van der Waals surface area (Å²) >= 11 is 0. The largest absolute Gasteiger partial charge is 0.475 e. The van der Waals surface area contributed by atoms with Crippen LogP contribution in [0.2, 0.25) is 0 Å². The number of hydrogen-bond acceptors (Lipinski definition) is 5. The highest BCUT2D eigenvalue weighted by Gasteiger charge is 2.19. The third kappa shape index (κ3) is 4.94. The van der Waals surface area contributed by atoms with Gasteiger partial charge in [0.1, 0.15) is 0 Å². The minimum absolute atomic E-state index is 0.122. The Hall–Kier alpha value is -2.15. The Balaban J connectivity index is 1.65. The van der Waals surface area contributed by atoms with Crippen molar-refractivity contribution in [2.24, 2.45) is 5.92 Å². The van der Waals surface area contributed by atoms with Gasteiger partial charge in [0.2, 0.25) is 5.82 Å². The SMILES string of the molecule is Cc1ccc(S(=O)(=O)Nc2nccnc2OCCC2CCCCC2)cc1. The molecule has 1 fully saturated rings. The third-order valence-electron chi connectivity index (χ3n) is 4.72. The number of sulfonamides is 1. The van der Waals surface area contributed by atoms with Crippen LogP contribution in [-0.2, 0) is 10.0 Å². The van der Waals surface area contributed by atoms with Gasteiger partial charge in [-0.05, 0) is 31.4 Å². The molecule has 0 saturated heterocycles. The molecule has 3 rings (SSSR count). The monoisotopic (exact) mass is 375 g/mol. The summed E-state index contributed by atoms with van der Waals surface area (Å²) in [6.45, 7) is 2.42. The Kier molecular flexibility index (Phi) is 6.08. The fraction of sp³-hybridized carbons (Fsp3) is 0.474. The fourth-order valence-corrected chi connectivity index (χ4v) is 4.21. The molecule has 1 aliphatic carbocycles. The van der Waals surface area contributed by atoms with Crippen LogP contribution in [0.15, 0.2) is 41.6 Å². The molecule has 1 N–H and O–H groups in total. The van der Waals surface area contributed by atoms with Crippen molar-refractivity contribution in [1.29, 1.82) is 0 Å². The van der Waals surface area contributed by atoms with Gasteiger partial charge in [-0.3, -0.25) is 4.72 Å². The highest BCUT2D eigenvalue weighted by atomic mass is 32.2. The molecular weight excluding hydrogens is 350 g/mol. The Morgan fingerprint density at radius 2 is 1.77 bits per heavy atom. The summed E-state index contributed by atoms with van der Waals surface area (Å²) in [5.74, 6) is 1.03. The molecule has 0 spiro atoms. The Morgan fingerprint density at radius 1 is 1.08 bits per heavy atom. The van der Waals surface area contributed by atoms with Gasteiger partial charge in [0.25, 0.3) is 15.9 Å². The average Bonchev–Trinajstić information content (AvgIpc) is 2.64. The van der Waals surface area contributed by atoms with Crippen LogP contribution >= 0.6 is 0 Å². The summed E-state index contributed by atoms with van der Waals surface area (Å²) < 4.78 is 33.3. The molecule has 26 heavy (non-hydrogen) atoms. The molecule has 0 bridgehead atoms. The maximum Gasteiger partial charge on any atom is 0.263 e. The second-order valence-electron chi connectivity index (χ2n) is 6.77. The molecule has 1 heterocycles. The zero-order valence-electron chi connectivity index (χ0n) is 15.0. The van der Waals surface area contributed by atoms with E-state index < -0.39 is 10.0 Å². The lowest BCUT2D eigenvalue weighted by molar-refractivity contribution is 0.240. The van der Waals surface area contributed by atoms with Gasteiger partial charge in [-0.25, -0.2) is 18.4 Å². The lowest BCUT2D eigenvalue weighted by Gasteiger charge is -2.21. The molecule has 0 aliphatic heterocycles. The molecule has 0 radical (unpaired) electrons. The molecule has 7 heteroatoms. The number of benzene rings is 1. The minimum Gasteiger partial charge on any atom is -0.475 e. The highest BCUT2D eigenvalue weighted by molar-refractivity contribution is 7.92. The number of aromatic nitrogens is 2. The second-order valence-corrected chi connectivity index (χ2v) is 8.45. The van der Waals surface area contributed by atoms with Gasteiger partial charge < -0.3 is 4.74 Å². The zero-order valence-corrected chi connectivity index (χ0v) is 15.8. The molecule has 2 aromatic rings. The fourth-order valence-electron chi connectivity index (χ4n) is 3.20.